The van der Waals surface area contributed by atoms with Crippen molar-refractivity contribution in [3.63, 3.8) is 0 Å². The highest BCUT2D eigenvalue weighted by atomic mass is 19.2. The fourth-order valence-electron chi connectivity index (χ4n) is 1.69. The van der Waals surface area contributed by atoms with Gasteiger partial charge in [-0.2, -0.15) is 0 Å². The molecule has 0 saturated carbocycles. The average Bonchev–Trinajstić information content (AvgIpc) is 2.37. The first-order valence-corrected chi connectivity index (χ1v) is 6.05. The molecule has 0 heterocycles. The van der Waals surface area contributed by atoms with Crippen molar-refractivity contribution in [3.05, 3.63) is 35.4 Å². The minimum absolute atomic E-state index is 0.0396. The van der Waals surface area contributed by atoms with E-state index in [-0.39, 0.29) is 12.1 Å². The quantitative estimate of drug-likeness (QED) is 0.709. The van der Waals surface area contributed by atoms with Gasteiger partial charge in [-0.05, 0) is 24.1 Å². The van der Waals surface area contributed by atoms with Crippen LogP contribution in [0, 0.1) is 11.6 Å². The number of carboxylic acid groups (broad SMARTS) is 1. The lowest BCUT2D eigenvalue weighted by Crippen LogP contribution is -2.38. The first-order valence-electron chi connectivity index (χ1n) is 6.05. The topological polar surface area (TPSA) is 69.6 Å². The zero-order valence-corrected chi connectivity index (χ0v) is 10.6. The Hall–Kier alpha value is -1.53. The summed E-state index contributed by atoms with van der Waals surface area (Å²) in [4.78, 5) is 10.9. The summed E-state index contributed by atoms with van der Waals surface area (Å²) in [5.74, 6) is -3.03. The molecule has 6 heteroatoms. The monoisotopic (exact) mass is 273 g/mol. The van der Waals surface area contributed by atoms with E-state index < -0.39 is 29.7 Å². The summed E-state index contributed by atoms with van der Waals surface area (Å²) in [6.45, 7) is 1.81. The number of benzene rings is 1. The number of aliphatic hydroxyl groups excluding tert-OH is 1. The Labute approximate surface area is 110 Å². The number of carbonyl (C=O) groups is 1. The number of hydrogen-bond donors (Lipinski definition) is 3. The van der Waals surface area contributed by atoms with Gasteiger partial charge in [-0.3, -0.25) is 4.79 Å². The molecule has 2 atom stereocenters. The van der Waals surface area contributed by atoms with Crippen molar-refractivity contribution >= 4 is 5.97 Å². The highest BCUT2D eigenvalue weighted by molar-refractivity contribution is 5.73. The highest BCUT2D eigenvalue weighted by Crippen LogP contribution is 2.16. The molecule has 106 valence electrons. The van der Waals surface area contributed by atoms with Crippen molar-refractivity contribution in [1.82, 2.24) is 5.32 Å². The molecule has 0 amide bonds. The molecule has 0 bridgehead atoms. The van der Waals surface area contributed by atoms with Gasteiger partial charge in [0.2, 0.25) is 0 Å². The molecule has 1 aromatic carbocycles. The standard InChI is InChI=1S/C13H17F2NO3/c1-2-3-11(13(18)19)16-7-12(17)8-4-5-9(14)10(15)6-8/h4-6,11-12,16-17H,2-3,7H2,1H3,(H,18,19)/t11?,12-/m1/s1. The number of aliphatic hydroxyl groups is 1. The number of nitrogens with one attached hydrogen (secondary N) is 1. The molecule has 1 aromatic rings. The molecule has 0 aliphatic rings. The van der Waals surface area contributed by atoms with Crippen LogP contribution in [0.3, 0.4) is 0 Å². The van der Waals surface area contributed by atoms with Crippen molar-refractivity contribution in [3.8, 4) is 0 Å². The molecule has 0 fully saturated rings. The van der Waals surface area contributed by atoms with Crippen LogP contribution in [0.1, 0.15) is 31.4 Å². The van der Waals surface area contributed by atoms with Crippen molar-refractivity contribution in [2.24, 2.45) is 0 Å². The van der Waals surface area contributed by atoms with E-state index in [0.29, 0.717) is 12.8 Å². The molecule has 19 heavy (non-hydrogen) atoms. The zero-order valence-electron chi connectivity index (χ0n) is 10.6. The van der Waals surface area contributed by atoms with E-state index in [1.807, 2.05) is 6.92 Å². The Kier molecular flexibility index (Phi) is 5.85. The summed E-state index contributed by atoms with van der Waals surface area (Å²) in [5, 5.41) is 21.4. The van der Waals surface area contributed by atoms with E-state index in [1.54, 1.807) is 0 Å². The molecule has 0 aliphatic heterocycles. The van der Waals surface area contributed by atoms with E-state index in [0.717, 1.165) is 12.1 Å². The number of hydrogen-bond acceptors (Lipinski definition) is 3. The second kappa shape index (κ2) is 7.16. The van der Waals surface area contributed by atoms with Crippen LogP contribution in [-0.4, -0.2) is 28.8 Å². The molecule has 0 saturated heterocycles. The lowest BCUT2D eigenvalue weighted by molar-refractivity contribution is -0.139. The van der Waals surface area contributed by atoms with Crippen molar-refractivity contribution in [2.75, 3.05) is 6.54 Å². The Balaban J connectivity index is 2.61. The zero-order chi connectivity index (χ0) is 14.4. The Morgan fingerprint density at radius 1 is 1.37 bits per heavy atom. The van der Waals surface area contributed by atoms with E-state index in [1.165, 1.54) is 6.07 Å². The van der Waals surface area contributed by atoms with Gasteiger partial charge in [0.05, 0.1) is 6.10 Å². The second-order valence-corrected chi connectivity index (χ2v) is 4.28. The third kappa shape index (κ3) is 4.57. The van der Waals surface area contributed by atoms with Crippen molar-refractivity contribution in [2.45, 2.75) is 31.9 Å². The highest BCUT2D eigenvalue weighted by Gasteiger charge is 2.18. The number of halogens is 2. The van der Waals surface area contributed by atoms with Crippen molar-refractivity contribution in [1.29, 1.82) is 0 Å². The molecule has 0 spiro atoms. The molecule has 1 rings (SSSR count). The SMILES string of the molecule is CCCC(NC[C@@H](O)c1ccc(F)c(F)c1)C(=O)O. The van der Waals surface area contributed by atoms with Gasteiger partial charge in [0.1, 0.15) is 6.04 Å². The number of rotatable bonds is 7. The fourth-order valence-corrected chi connectivity index (χ4v) is 1.69. The van der Waals surface area contributed by atoms with E-state index >= 15 is 0 Å². The van der Waals surface area contributed by atoms with Gasteiger partial charge < -0.3 is 15.5 Å². The molecular formula is C13H17F2NO3. The summed E-state index contributed by atoms with van der Waals surface area (Å²) in [6, 6.07) is 2.33. The molecule has 0 aromatic heterocycles. The van der Waals surface area contributed by atoms with E-state index in [4.69, 9.17) is 5.11 Å². The molecule has 0 aliphatic carbocycles. The summed E-state index contributed by atoms with van der Waals surface area (Å²) in [7, 11) is 0. The third-order valence-corrected chi connectivity index (χ3v) is 2.76. The first kappa shape index (κ1) is 15.5. The molecule has 4 nitrogen and oxygen atoms in total. The second-order valence-electron chi connectivity index (χ2n) is 4.28. The normalized spacial score (nSPS) is 14.1. The maximum atomic E-state index is 13.0. The summed E-state index contributed by atoms with van der Waals surface area (Å²) >= 11 is 0. The summed E-state index contributed by atoms with van der Waals surface area (Å²) < 4.78 is 25.7. The predicted octanol–water partition coefficient (Wildman–Crippen LogP) is 1.84. The smallest absolute Gasteiger partial charge is 0.320 e. The Morgan fingerprint density at radius 3 is 2.58 bits per heavy atom. The first-order chi connectivity index (χ1) is 8.95. The van der Waals surface area contributed by atoms with Crippen molar-refractivity contribution < 1.29 is 23.8 Å². The van der Waals surface area contributed by atoms with Gasteiger partial charge in [-0.1, -0.05) is 19.4 Å². The van der Waals surface area contributed by atoms with Crippen LogP contribution in [0.4, 0.5) is 8.78 Å². The van der Waals surface area contributed by atoms with Crippen LogP contribution in [0.25, 0.3) is 0 Å². The summed E-state index contributed by atoms with van der Waals surface area (Å²) in [6.07, 6.45) is 0.0271. The van der Waals surface area contributed by atoms with Gasteiger partial charge in [-0.25, -0.2) is 8.78 Å². The lowest BCUT2D eigenvalue weighted by Gasteiger charge is -2.17. The predicted molar refractivity (Wildman–Crippen MR) is 65.7 cm³/mol. The maximum absolute atomic E-state index is 13.0. The van der Waals surface area contributed by atoms with Crippen LogP contribution in [0.5, 0.6) is 0 Å². The number of aliphatic carboxylic acids is 1. The number of carboxylic acids is 1. The summed E-state index contributed by atoms with van der Waals surface area (Å²) in [5.41, 5.74) is 0.201. The van der Waals surface area contributed by atoms with E-state index in [9.17, 15) is 18.7 Å². The van der Waals surface area contributed by atoms with Gasteiger partial charge in [0.25, 0.3) is 0 Å². The van der Waals surface area contributed by atoms with Gasteiger partial charge in [0, 0.05) is 6.54 Å². The van der Waals surface area contributed by atoms with Crippen LogP contribution in [-0.2, 0) is 4.79 Å². The average molecular weight is 273 g/mol. The minimum Gasteiger partial charge on any atom is -0.480 e. The lowest BCUT2D eigenvalue weighted by atomic mass is 10.1. The third-order valence-electron chi connectivity index (χ3n) is 2.76. The van der Waals surface area contributed by atoms with E-state index in [2.05, 4.69) is 5.32 Å². The van der Waals surface area contributed by atoms with Crippen LogP contribution >= 0.6 is 0 Å². The van der Waals surface area contributed by atoms with Crippen LogP contribution < -0.4 is 5.32 Å². The maximum Gasteiger partial charge on any atom is 0.320 e. The van der Waals surface area contributed by atoms with Crippen LogP contribution in [0.2, 0.25) is 0 Å². The molecule has 1 unspecified atom stereocenters. The van der Waals surface area contributed by atoms with Crippen LogP contribution in [0.15, 0.2) is 18.2 Å². The van der Waals surface area contributed by atoms with Gasteiger partial charge in [0.15, 0.2) is 11.6 Å². The molecule has 3 N–H and O–H groups in total. The largest absolute Gasteiger partial charge is 0.480 e. The Bertz CT molecular complexity index is 440. The van der Waals surface area contributed by atoms with Gasteiger partial charge >= 0.3 is 5.97 Å². The molecular weight excluding hydrogens is 256 g/mol. The van der Waals surface area contributed by atoms with Gasteiger partial charge in [-0.15, -0.1) is 0 Å². The minimum atomic E-state index is -1.09. The molecule has 0 radical (unpaired) electrons. The Morgan fingerprint density at radius 2 is 2.05 bits per heavy atom. The fraction of sp³-hybridized carbons (Fsp3) is 0.462.